The molecule has 0 aliphatic rings. The van der Waals surface area contributed by atoms with Gasteiger partial charge in [-0.05, 0) is 61.7 Å². The average molecular weight is 350 g/mol. The highest BCUT2D eigenvalue weighted by Crippen LogP contribution is 2.26. The van der Waals surface area contributed by atoms with Crippen molar-refractivity contribution in [1.29, 1.82) is 0 Å². The maximum Gasteiger partial charge on any atom is 0.291 e. The van der Waals surface area contributed by atoms with Gasteiger partial charge >= 0.3 is 0 Å². The Morgan fingerprint density at radius 1 is 0.962 bits per heavy atom. The predicted octanol–water partition coefficient (Wildman–Crippen LogP) is 5.03. The SMILES string of the molecule is Cc1ccc(-c2ccc(C(=O)Nc3ccc([N+](=O)[O-])cc3C)o2)cc1C. The molecule has 6 nitrogen and oxygen atoms in total. The first-order chi connectivity index (χ1) is 12.3. The van der Waals surface area contributed by atoms with Gasteiger partial charge in [0.2, 0.25) is 0 Å². The summed E-state index contributed by atoms with van der Waals surface area (Å²) in [4.78, 5) is 22.7. The lowest BCUT2D eigenvalue weighted by Crippen LogP contribution is -2.11. The number of nitro benzene ring substituents is 1. The second kappa shape index (κ2) is 6.84. The van der Waals surface area contributed by atoms with Crippen LogP contribution < -0.4 is 5.32 Å². The van der Waals surface area contributed by atoms with Crippen LogP contribution in [0.2, 0.25) is 0 Å². The zero-order valence-corrected chi connectivity index (χ0v) is 14.7. The molecule has 3 rings (SSSR count). The van der Waals surface area contributed by atoms with Gasteiger partial charge in [-0.25, -0.2) is 0 Å². The molecule has 0 bridgehead atoms. The Bertz CT molecular complexity index is 1000. The number of non-ortho nitro benzene ring substituents is 1. The van der Waals surface area contributed by atoms with E-state index < -0.39 is 10.8 Å². The Morgan fingerprint density at radius 3 is 2.38 bits per heavy atom. The summed E-state index contributed by atoms with van der Waals surface area (Å²) in [5.74, 6) is 0.381. The van der Waals surface area contributed by atoms with Crippen molar-refractivity contribution in [2.24, 2.45) is 0 Å². The van der Waals surface area contributed by atoms with Gasteiger partial charge in [-0.15, -0.1) is 0 Å². The minimum absolute atomic E-state index is 0.0180. The summed E-state index contributed by atoms with van der Waals surface area (Å²) >= 11 is 0. The number of carbonyl (C=O) groups excluding carboxylic acids is 1. The van der Waals surface area contributed by atoms with Gasteiger partial charge in [-0.3, -0.25) is 14.9 Å². The molecule has 6 heteroatoms. The molecule has 0 saturated heterocycles. The van der Waals surface area contributed by atoms with E-state index in [1.54, 1.807) is 19.1 Å². The number of nitrogens with one attached hydrogen (secondary N) is 1. The van der Waals surface area contributed by atoms with Crippen LogP contribution in [0, 0.1) is 30.9 Å². The molecule has 2 aromatic carbocycles. The van der Waals surface area contributed by atoms with Crippen molar-refractivity contribution in [2.75, 3.05) is 5.32 Å². The molecule has 0 fully saturated rings. The van der Waals surface area contributed by atoms with E-state index in [4.69, 9.17) is 4.42 Å². The zero-order chi connectivity index (χ0) is 18.8. The molecule has 3 aromatic rings. The maximum absolute atomic E-state index is 12.4. The van der Waals surface area contributed by atoms with Gasteiger partial charge < -0.3 is 9.73 Å². The Hall–Kier alpha value is -3.41. The van der Waals surface area contributed by atoms with Gasteiger partial charge in [0, 0.05) is 23.4 Å². The van der Waals surface area contributed by atoms with Crippen molar-refractivity contribution in [3.05, 3.63) is 81.1 Å². The normalized spacial score (nSPS) is 10.6. The summed E-state index contributed by atoms with van der Waals surface area (Å²) in [5.41, 5.74) is 4.32. The van der Waals surface area contributed by atoms with Crippen molar-refractivity contribution >= 4 is 17.3 Å². The number of carbonyl (C=O) groups is 1. The number of benzene rings is 2. The predicted molar refractivity (Wildman–Crippen MR) is 99.4 cm³/mol. The van der Waals surface area contributed by atoms with Crippen LogP contribution in [0.15, 0.2) is 52.9 Å². The third-order valence-electron chi connectivity index (χ3n) is 4.29. The largest absolute Gasteiger partial charge is 0.451 e. The third-order valence-corrected chi connectivity index (χ3v) is 4.29. The first kappa shape index (κ1) is 17.4. The van der Waals surface area contributed by atoms with E-state index in [0.717, 1.165) is 11.1 Å². The van der Waals surface area contributed by atoms with Crippen molar-refractivity contribution < 1.29 is 14.1 Å². The molecule has 0 saturated carbocycles. The van der Waals surface area contributed by atoms with Crippen LogP contribution in [-0.2, 0) is 0 Å². The average Bonchev–Trinajstić information content (AvgIpc) is 3.09. The Balaban J connectivity index is 1.80. The molecule has 0 unspecified atom stereocenters. The second-order valence-electron chi connectivity index (χ2n) is 6.17. The minimum atomic E-state index is -0.471. The van der Waals surface area contributed by atoms with Gasteiger partial charge in [0.1, 0.15) is 5.76 Å². The van der Waals surface area contributed by atoms with Gasteiger partial charge in [-0.1, -0.05) is 12.1 Å². The summed E-state index contributed by atoms with van der Waals surface area (Å²) in [5, 5.41) is 13.5. The summed E-state index contributed by atoms with van der Waals surface area (Å²) in [6, 6.07) is 13.6. The number of nitro groups is 1. The van der Waals surface area contributed by atoms with Gasteiger partial charge in [0.25, 0.3) is 11.6 Å². The van der Waals surface area contributed by atoms with Crippen LogP contribution in [0.3, 0.4) is 0 Å². The van der Waals surface area contributed by atoms with Crippen LogP contribution >= 0.6 is 0 Å². The van der Waals surface area contributed by atoms with E-state index in [1.165, 1.54) is 23.8 Å². The molecular weight excluding hydrogens is 332 g/mol. The number of anilines is 1. The van der Waals surface area contributed by atoms with Crippen LogP contribution in [-0.4, -0.2) is 10.8 Å². The molecule has 1 heterocycles. The monoisotopic (exact) mass is 350 g/mol. The highest BCUT2D eigenvalue weighted by molar-refractivity contribution is 6.03. The lowest BCUT2D eigenvalue weighted by Gasteiger charge is -2.07. The van der Waals surface area contributed by atoms with Crippen molar-refractivity contribution in [1.82, 2.24) is 0 Å². The van der Waals surface area contributed by atoms with E-state index in [2.05, 4.69) is 5.32 Å². The van der Waals surface area contributed by atoms with E-state index in [-0.39, 0.29) is 11.4 Å². The Morgan fingerprint density at radius 2 is 1.73 bits per heavy atom. The topological polar surface area (TPSA) is 85.4 Å². The van der Waals surface area contributed by atoms with Crippen molar-refractivity contribution in [3.8, 4) is 11.3 Å². The van der Waals surface area contributed by atoms with E-state index >= 15 is 0 Å². The standard InChI is InChI=1S/C20H18N2O4/c1-12-4-5-15(10-13(12)2)18-8-9-19(26-18)20(23)21-17-7-6-16(22(24)25)11-14(17)3/h4-11H,1-3H3,(H,21,23). The summed E-state index contributed by atoms with van der Waals surface area (Å²) in [6.07, 6.45) is 0. The highest BCUT2D eigenvalue weighted by atomic mass is 16.6. The number of hydrogen-bond donors (Lipinski definition) is 1. The fraction of sp³-hybridized carbons (Fsp3) is 0.150. The Kier molecular flexibility index (Phi) is 4.58. The number of rotatable bonds is 4. The summed E-state index contributed by atoms with van der Waals surface area (Å²) < 4.78 is 5.68. The Labute approximate surface area is 150 Å². The van der Waals surface area contributed by atoms with Crippen LogP contribution in [0.25, 0.3) is 11.3 Å². The molecular formula is C20H18N2O4. The van der Waals surface area contributed by atoms with Crippen molar-refractivity contribution in [3.63, 3.8) is 0 Å². The molecule has 1 amide bonds. The molecule has 1 N–H and O–H groups in total. The fourth-order valence-electron chi connectivity index (χ4n) is 2.60. The summed E-state index contributed by atoms with van der Waals surface area (Å²) in [6.45, 7) is 5.75. The van der Waals surface area contributed by atoms with Crippen molar-refractivity contribution in [2.45, 2.75) is 20.8 Å². The number of amides is 1. The summed E-state index contributed by atoms with van der Waals surface area (Å²) in [7, 11) is 0. The van der Waals surface area contributed by atoms with Crippen LogP contribution in [0.4, 0.5) is 11.4 Å². The molecule has 26 heavy (non-hydrogen) atoms. The van der Waals surface area contributed by atoms with Gasteiger partial charge in [0.05, 0.1) is 4.92 Å². The number of hydrogen-bond acceptors (Lipinski definition) is 4. The lowest BCUT2D eigenvalue weighted by molar-refractivity contribution is -0.384. The first-order valence-corrected chi connectivity index (χ1v) is 8.09. The first-order valence-electron chi connectivity index (χ1n) is 8.09. The van der Waals surface area contributed by atoms with Crippen LogP contribution in [0.1, 0.15) is 27.2 Å². The second-order valence-corrected chi connectivity index (χ2v) is 6.17. The van der Waals surface area contributed by atoms with E-state index in [9.17, 15) is 14.9 Å². The fourth-order valence-corrected chi connectivity index (χ4v) is 2.60. The van der Waals surface area contributed by atoms with E-state index in [0.29, 0.717) is 17.0 Å². The van der Waals surface area contributed by atoms with Gasteiger partial charge in [0.15, 0.2) is 5.76 Å². The van der Waals surface area contributed by atoms with Crippen LogP contribution in [0.5, 0.6) is 0 Å². The number of furan rings is 1. The van der Waals surface area contributed by atoms with E-state index in [1.807, 2.05) is 32.0 Å². The smallest absolute Gasteiger partial charge is 0.291 e. The minimum Gasteiger partial charge on any atom is -0.451 e. The molecule has 0 radical (unpaired) electrons. The molecule has 0 aliphatic heterocycles. The molecule has 0 aliphatic carbocycles. The van der Waals surface area contributed by atoms with Gasteiger partial charge in [-0.2, -0.15) is 0 Å². The number of aryl methyl sites for hydroxylation is 3. The lowest BCUT2D eigenvalue weighted by atomic mass is 10.1. The zero-order valence-electron chi connectivity index (χ0n) is 14.7. The maximum atomic E-state index is 12.4. The molecule has 132 valence electrons. The quantitative estimate of drug-likeness (QED) is 0.528. The highest BCUT2D eigenvalue weighted by Gasteiger charge is 2.15. The molecule has 0 spiro atoms. The number of nitrogens with zero attached hydrogens (tertiary/aromatic N) is 1. The molecule has 0 atom stereocenters. The molecule has 1 aromatic heterocycles. The third kappa shape index (κ3) is 3.49.